The van der Waals surface area contributed by atoms with Crippen LogP contribution in [-0.2, 0) is 12.8 Å². The second-order valence-corrected chi connectivity index (χ2v) is 16.9. The van der Waals surface area contributed by atoms with Crippen molar-refractivity contribution in [1.82, 2.24) is 0 Å². The van der Waals surface area contributed by atoms with Crippen molar-refractivity contribution in [1.29, 1.82) is 0 Å². The van der Waals surface area contributed by atoms with Gasteiger partial charge in [-0.1, -0.05) is 170 Å². The largest absolute Gasteiger partial charge is 0.310 e. The summed E-state index contributed by atoms with van der Waals surface area (Å²) in [6.45, 7) is 0. The van der Waals surface area contributed by atoms with Gasteiger partial charge in [-0.05, 0) is 164 Å². The molecule has 10 aromatic carbocycles. The molecular formula is C62H44N2. The van der Waals surface area contributed by atoms with E-state index in [4.69, 9.17) is 0 Å². The van der Waals surface area contributed by atoms with Crippen LogP contribution in [0.25, 0.3) is 55.6 Å². The Morgan fingerprint density at radius 1 is 0.219 bits per heavy atom. The standard InChI is InChI=1S/C62H44N2/c1-3-19-49(20-4-1)63(53-23-11-17-45(39-53)57-27-13-29-59-55-25-9-7-15-47(55)41-61(57)59)51-35-31-43(32-36-51)44-33-37-52(38-34-44)64(50-21-5-2-6-22-50)54-24-12-18-46(40-54)58-28-14-30-60-56-26-10-8-16-48(56)42-62(58)60/h1-40H,41-42H2. The van der Waals surface area contributed by atoms with Gasteiger partial charge in [-0.3, -0.25) is 0 Å². The lowest BCUT2D eigenvalue weighted by molar-refractivity contribution is 1.26. The normalized spacial score (nSPS) is 11.9. The van der Waals surface area contributed by atoms with Gasteiger partial charge < -0.3 is 9.80 Å². The van der Waals surface area contributed by atoms with Crippen molar-refractivity contribution in [2.75, 3.05) is 9.80 Å². The van der Waals surface area contributed by atoms with E-state index >= 15 is 0 Å². The molecule has 0 spiro atoms. The van der Waals surface area contributed by atoms with E-state index in [9.17, 15) is 0 Å². The Balaban J connectivity index is 0.856. The fraction of sp³-hybridized carbons (Fsp3) is 0.0323. The van der Waals surface area contributed by atoms with E-state index in [0.717, 1.165) is 47.0 Å². The van der Waals surface area contributed by atoms with Crippen LogP contribution in [0.2, 0.25) is 0 Å². The van der Waals surface area contributed by atoms with Crippen LogP contribution < -0.4 is 9.80 Å². The number of rotatable bonds is 9. The van der Waals surface area contributed by atoms with Gasteiger partial charge in [0.15, 0.2) is 0 Å². The molecule has 0 radical (unpaired) electrons. The minimum absolute atomic E-state index is 0.958. The van der Waals surface area contributed by atoms with Crippen LogP contribution in [0.4, 0.5) is 34.1 Å². The summed E-state index contributed by atoms with van der Waals surface area (Å²) in [4.78, 5) is 4.73. The van der Waals surface area contributed by atoms with E-state index in [-0.39, 0.29) is 0 Å². The zero-order valence-corrected chi connectivity index (χ0v) is 35.4. The number of hydrogen-bond donors (Lipinski definition) is 0. The van der Waals surface area contributed by atoms with Crippen molar-refractivity contribution < 1.29 is 0 Å². The molecule has 302 valence electrons. The lowest BCUT2D eigenvalue weighted by Crippen LogP contribution is -2.10. The number of para-hydroxylation sites is 2. The molecular weight excluding hydrogens is 773 g/mol. The molecule has 2 aliphatic carbocycles. The molecule has 0 atom stereocenters. The van der Waals surface area contributed by atoms with E-state index < -0.39 is 0 Å². The maximum absolute atomic E-state index is 2.36. The summed E-state index contributed by atoms with van der Waals surface area (Å²) in [5.41, 5.74) is 25.1. The summed E-state index contributed by atoms with van der Waals surface area (Å²) < 4.78 is 0. The number of benzene rings is 10. The van der Waals surface area contributed by atoms with Gasteiger partial charge in [0.25, 0.3) is 0 Å². The Labute approximate surface area is 375 Å². The Morgan fingerprint density at radius 3 is 0.984 bits per heavy atom. The second-order valence-electron chi connectivity index (χ2n) is 16.9. The van der Waals surface area contributed by atoms with Gasteiger partial charge in [0, 0.05) is 34.1 Å². The molecule has 64 heavy (non-hydrogen) atoms. The summed E-state index contributed by atoms with van der Waals surface area (Å²) in [5.74, 6) is 0. The maximum atomic E-state index is 2.36. The van der Waals surface area contributed by atoms with Gasteiger partial charge in [0.2, 0.25) is 0 Å². The fourth-order valence-electron chi connectivity index (χ4n) is 10.1. The van der Waals surface area contributed by atoms with Crippen LogP contribution in [0.3, 0.4) is 0 Å². The number of fused-ring (bicyclic) bond motifs is 6. The molecule has 12 rings (SSSR count). The molecule has 0 unspecified atom stereocenters. The maximum Gasteiger partial charge on any atom is 0.0467 e. The molecule has 0 N–H and O–H groups in total. The zero-order chi connectivity index (χ0) is 42.4. The second kappa shape index (κ2) is 15.9. The third-order valence-electron chi connectivity index (χ3n) is 13.1. The summed E-state index contributed by atoms with van der Waals surface area (Å²) in [5, 5.41) is 0. The highest BCUT2D eigenvalue weighted by Gasteiger charge is 2.24. The number of hydrogen-bond acceptors (Lipinski definition) is 2. The molecule has 0 aromatic heterocycles. The van der Waals surface area contributed by atoms with Crippen LogP contribution in [0.1, 0.15) is 22.3 Å². The molecule has 0 amide bonds. The van der Waals surface area contributed by atoms with E-state index in [0.29, 0.717) is 0 Å². The first-order valence-electron chi connectivity index (χ1n) is 22.3. The van der Waals surface area contributed by atoms with Gasteiger partial charge in [0.05, 0.1) is 0 Å². The van der Waals surface area contributed by atoms with Crippen LogP contribution in [0.5, 0.6) is 0 Å². The highest BCUT2D eigenvalue weighted by Crippen LogP contribution is 2.45. The van der Waals surface area contributed by atoms with E-state index in [1.807, 2.05) is 0 Å². The molecule has 0 aliphatic heterocycles. The first-order chi connectivity index (χ1) is 31.7. The minimum Gasteiger partial charge on any atom is -0.310 e. The Bertz CT molecular complexity index is 3090. The van der Waals surface area contributed by atoms with Crippen LogP contribution in [0, 0.1) is 0 Å². The predicted octanol–water partition coefficient (Wildman–Crippen LogP) is 16.8. The summed E-state index contributed by atoms with van der Waals surface area (Å²) in [6, 6.07) is 88.6. The lowest BCUT2D eigenvalue weighted by Gasteiger charge is -2.27. The average Bonchev–Trinajstić information content (AvgIpc) is 3.95. The molecule has 10 aromatic rings. The molecule has 2 aliphatic rings. The Morgan fingerprint density at radius 2 is 0.547 bits per heavy atom. The first-order valence-corrected chi connectivity index (χ1v) is 22.3. The molecule has 2 nitrogen and oxygen atoms in total. The molecule has 0 fully saturated rings. The van der Waals surface area contributed by atoms with Crippen LogP contribution in [0.15, 0.2) is 243 Å². The Kier molecular flexibility index (Phi) is 9.34. The van der Waals surface area contributed by atoms with Crippen LogP contribution in [-0.4, -0.2) is 0 Å². The molecule has 0 saturated heterocycles. The van der Waals surface area contributed by atoms with Crippen molar-refractivity contribution in [2.24, 2.45) is 0 Å². The average molecular weight is 817 g/mol. The molecule has 0 bridgehead atoms. The van der Waals surface area contributed by atoms with Crippen molar-refractivity contribution in [3.05, 3.63) is 265 Å². The van der Waals surface area contributed by atoms with Gasteiger partial charge >= 0.3 is 0 Å². The van der Waals surface area contributed by atoms with Gasteiger partial charge in [-0.15, -0.1) is 0 Å². The third-order valence-corrected chi connectivity index (χ3v) is 13.1. The smallest absolute Gasteiger partial charge is 0.0467 e. The van der Waals surface area contributed by atoms with E-state index in [2.05, 4.69) is 252 Å². The van der Waals surface area contributed by atoms with Crippen molar-refractivity contribution >= 4 is 34.1 Å². The minimum atomic E-state index is 0.958. The van der Waals surface area contributed by atoms with E-state index in [1.54, 1.807) is 0 Å². The predicted molar refractivity (Wildman–Crippen MR) is 269 cm³/mol. The molecule has 2 heteroatoms. The highest BCUT2D eigenvalue weighted by molar-refractivity contribution is 5.89. The lowest BCUT2D eigenvalue weighted by atomic mass is 9.95. The first kappa shape index (κ1) is 37.6. The molecule has 0 heterocycles. The van der Waals surface area contributed by atoms with Crippen molar-refractivity contribution in [2.45, 2.75) is 12.8 Å². The van der Waals surface area contributed by atoms with Gasteiger partial charge in [-0.25, -0.2) is 0 Å². The van der Waals surface area contributed by atoms with Gasteiger partial charge in [-0.2, -0.15) is 0 Å². The fourth-order valence-corrected chi connectivity index (χ4v) is 10.1. The van der Waals surface area contributed by atoms with Crippen LogP contribution >= 0.6 is 0 Å². The topological polar surface area (TPSA) is 6.48 Å². The summed E-state index contributed by atoms with van der Waals surface area (Å²) in [6.07, 6.45) is 1.92. The van der Waals surface area contributed by atoms with Gasteiger partial charge in [0.1, 0.15) is 0 Å². The SMILES string of the molecule is c1ccc(N(c2ccc(-c3ccc(N(c4ccccc4)c4cccc(-c5cccc6c5Cc5ccccc5-6)c4)cc3)cc2)c2cccc(-c3cccc4c3Cc3ccccc3-4)c2)cc1. The zero-order valence-electron chi connectivity index (χ0n) is 35.4. The van der Waals surface area contributed by atoms with E-state index in [1.165, 1.54) is 77.9 Å². The third kappa shape index (κ3) is 6.68. The Hall–Kier alpha value is -8.20. The quantitative estimate of drug-likeness (QED) is 0.143. The summed E-state index contributed by atoms with van der Waals surface area (Å²) >= 11 is 0. The number of anilines is 6. The van der Waals surface area contributed by atoms with Crippen molar-refractivity contribution in [3.8, 4) is 55.6 Å². The monoisotopic (exact) mass is 816 g/mol. The number of nitrogens with zero attached hydrogens (tertiary/aromatic N) is 2. The summed E-state index contributed by atoms with van der Waals surface area (Å²) in [7, 11) is 0. The highest BCUT2D eigenvalue weighted by atomic mass is 15.1. The molecule has 0 saturated carbocycles. The van der Waals surface area contributed by atoms with Crippen molar-refractivity contribution in [3.63, 3.8) is 0 Å².